The predicted molar refractivity (Wildman–Crippen MR) is 49.8 cm³/mol. The lowest BCUT2D eigenvalue weighted by Gasteiger charge is -2.03. The number of benzene rings is 1. The molecule has 0 bridgehead atoms. The summed E-state index contributed by atoms with van der Waals surface area (Å²) in [5.41, 5.74) is 0.903. The van der Waals surface area contributed by atoms with Crippen LogP contribution in [-0.4, -0.2) is 17.9 Å². The van der Waals surface area contributed by atoms with E-state index in [0.717, 1.165) is 10.0 Å². The average Bonchev–Trinajstić information content (AvgIpc) is 2.09. The summed E-state index contributed by atoms with van der Waals surface area (Å²) in [6, 6.07) is 7.40. The standard InChI is InChI=1S/C9H10BrFO/c10-8-3-1-7(2-4-8)5-9(11)6-12/h1-4,9,12H,5-6H2/t9-/m1/s1. The first-order valence-corrected chi connectivity index (χ1v) is 4.51. The van der Waals surface area contributed by atoms with Gasteiger partial charge in [0.1, 0.15) is 6.17 Å². The van der Waals surface area contributed by atoms with Crippen molar-refractivity contribution >= 4 is 15.9 Å². The molecule has 0 aliphatic heterocycles. The predicted octanol–water partition coefficient (Wildman–Crippen LogP) is 2.32. The Morgan fingerprint density at radius 3 is 2.42 bits per heavy atom. The van der Waals surface area contributed by atoms with Crippen molar-refractivity contribution in [3.05, 3.63) is 34.3 Å². The molecule has 12 heavy (non-hydrogen) atoms. The minimum absolute atomic E-state index is 0.282. The summed E-state index contributed by atoms with van der Waals surface area (Å²) in [5, 5.41) is 8.47. The Bertz CT molecular complexity index is 235. The number of hydrogen-bond donors (Lipinski definition) is 1. The molecule has 0 saturated carbocycles. The third kappa shape index (κ3) is 2.91. The molecule has 1 rings (SSSR count). The molecule has 0 fully saturated rings. The smallest absolute Gasteiger partial charge is 0.127 e. The zero-order chi connectivity index (χ0) is 8.97. The lowest BCUT2D eigenvalue weighted by Crippen LogP contribution is -2.09. The maximum atomic E-state index is 12.7. The quantitative estimate of drug-likeness (QED) is 0.849. The highest BCUT2D eigenvalue weighted by molar-refractivity contribution is 9.10. The average molecular weight is 233 g/mol. The van der Waals surface area contributed by atoms with Crippen LogP contribution in [0.1, 0.15) is 5.56 Å². The van der Waals surface area contributed by atoms with Crippen molar-refractivity contribution in [3.8, 4) is 0 Å². The Balaban J connectivity index is 2.58. The van der Waals surface area contributed by atoms with Gasteiger partial charge in [0.25, 0.3) is 0 Å². The third-order valence-corrected chi connectivity index (χ3v) is 2.10. The van der Waals surface area contributed by atoms with E-state index in [2.05, 4.69) is 15.9 Å². The molecule has 3 heteroatoms. The van der Waals surface area contributed by atoms with Crippen molar-refractivity contribution in [2.24, 2.45) is 0 Å². The molecule has 1 N–H and O–H groups in total. The first kappa shape index (κ1) is 9.68. The zero-order valence-corrected chi connectivity index (χ0v) is 8.09. The van der Waals surface area contributed by atoms with Gasteiger partial charge in [0.05, 0.1) is 6.61 Å². The SMILES string of the molecule is OC[C@H](F)Cc1ccc(Br)cc1. The highest BCUT2D eigenvalue weighted by atomic mass is 79.9. The fourth-order valence-electron chi connectivity index (χ4n) is 0.941. The Morgan fingerprint density at radius 1 is 1.33 bits per heavy atom. The van der Waals surface area contributed by atoms with Gasteiger partial charge in [-0.15, -0.1) is 0 Å². The molecule has 0 unspecified atom stereocenters. The van der Waals surface area contributed by atoms with E-state index in [1.807, 2.05) is 24.3 Å². The molecule has 0 aliphatic carbocycles. The second-order valence-electron chi connectivity index (χ2n) is 2.61. The van der Waals surface area contributed by atoms with E-state index in [-0.39, 0.29) is 6.42 Å². The van der Waals surface area contributed by atoms with Crippen LogP contribution in [0.5, 0.6) is 0 Å². The number of halogens is 2. The molecule has 1 aromatic rings. The highest BCUT2D eigenvalue weighted by Gasteiger charge is 2.04. The second-order valence-corrected chi connectivity index (χ2v) is 3.53. The van der Waals surface area contributed by atoms with Crippen LogP contribution in [0.2, 0.25) is 0 Å². The molecule has 0 aliphatic rings. The van der Waals surface area contributed by atoms with Crippen LogP contribution in [0.25, 0.3) is 0 Å². The molecule has 0 aromatic heterocycles. The van der Waals surface area contributed by atoms with Crippen LogP contribution in [0.15, 0.2) is 28.7 Å². The van der Waals surface area contributed by atoms with Crippen LogP contribution >= 0.6 is 15.9 Å². The van der Waals surface area contributed by atoms with Crippen LogP contribution in [-0.2, 0) is 6.42 Å². The van der Waals surface area contributed by atoms with Gasteiger partial charge in [-0.2, -0.15) is 0 Å². The summed E-state index contributed by atoms with van der Waals surface area (Å²) >= 11 is 3.29. The van der Waals surface area contributed by atoms with Gasteiger partial charge in [0.15, 0.2) is 0 Å². The molecule has 0 saturated heterocycles. The minimum atomic E-state index is -1.15. The third-order valence-electron chi connectivity index (χ3n) is 1.57. The number of aliphatic hydroxyl groups is 1. The highest BCUT2D eigenvalue weighted by Crippen LogP contribution is 2.12. The summed E-state index contributed by atoms with van der Waals surface area (Å²) in [6.45, 7) is -0.407. The van der Waals surface area contributed by atoms with Crippen LogP contribution in [0.4, 0.5) is 4.39 Å². The van der Waals surface area contributed by atoms with Crippen molar-refractivity contribution in [1.82, 2.24) is 0 Å². The van der Waals surface area contributed by atoms with Gasteiger partial charge in [-0.05, 0) is 17.7 Å². The van der Waals surface area contributed by atoms with Crippen molar-refractivity contribution in [2.75, 3.05) is 6.61 Å². The van der Waals surface area contributed by atoms with Crippen molar-refractivity contribution < 1.29 is 9.50 Å². The topological polar surface area (TPSA) is 20.2 Å². The van der Waals surface area contributed by atoms with Gasteiger partial charge in [-0.3, -0.25) is 0 Å². The fourth-order valence-corrected chi connectivity index (χ4v) is 1.21. The van der Waals surface area contributed by atoms with Crippen molar-refractivity contribution in [3.63, 3.8) is 0 Å². The molecule has 1 aromatic carbocycles. The van der Waals surface area contributed by atoms with Gasteiger partial charge < -0.3 is 5.11 Å². The first-order valence-electron chi connectivity index (χ1n) is 3.71. The normalized spacial score (nSPS) is 12.9. The lowest BCUT2D eigenvalue weighted by atomic mass is 10.1. The summed E-state index contributed by atoms with van der Waals surface area (Å²) in [7, 11) is 0. The molecular formula is C9H10BrFO. The summed E-state index contributed by atoms with van der Waals surface area (Å²) in [6.07, 6.45) is -0.866. The second kappa shape index (κ2) is 4.58. The monoisotopic (exact) mass is 232 g/mol. The number of alkyl halides is 1. The summed E-state index contributed by atoms with van der Waals surface area (Å²) in [4.78, 5) is 0. The van der Waals surface area contributed by atoms with E-state index in [1.54, 1.807) is 0 Å². The van der Waals surface area contributed by atoms with Gasteiger partial charge >= 0.3 is 0 Å². The van der Waals surface area contributed by atoms with Gasteiger partial charge in [-0.1, -0.05) is 28.1 Å². The fraction of sp³-hybridized carbons (Fsp3) is 0.333. The number of hydrogen-bond acceptors (Lipinski definition) is 1. The molecule has 1 nitrogen and oxygen atoms in total. The van der Waals surface area contributed by atoms with Crippen molar-refractivity contribution in [2.45, 2.75) is 12.6 Å². The largest absolute Gasteiger partial charge is 0.393 e. The molecular weight excluding hydrogens is 223 g/mol. The Labute approximate surface area is 79.4 Å². The number of rotatable bonds is 3. The molecule has 0 amide bonds. The molecule has 66 valence electrons. The maximum absolute atomic E-state index is 12.7. The van der Waals surface area contributed by atoms with Crippen LogP contribution in [0, 0.1) is 0 Å². The minimum Gasteiger partial charge on any atom is -0.393 e. The first-order chi connectivity index (χ1) is 5.72. The Morgan fingerprint density at radius 2 is 1.92 bits per heavy atom. The van der Waals surface area contributed by atoms with Gasteiger partial charge in [0.2, 0.25) is 0 Å². The summed E-state index contributed by atoms with van der Waals surface area (Å²) in [5.74, 6) is 0. The van der Waals surface area contributed by atoms with Gasteiger partial charge in [-0.25, -0.2) is 4.39 Å². The van der Waals surface area contributed by atoms with E-state index in [1.165, 1.54) is 0 Å². The maximum Gasteiger partial charge on any atom is 0.127 e. The molecule has 0 radical (unpaired) electrons. The van der Waals surface area contributed by atoms with E-state index in [0.29, 0.717) is 0 Å². The van der Waals surface area contributed by atoms with E-state index in [4.69, 9.17) is 5.11 Å². The number of aliphatic hydroxyl groups excluding tert-OH is 1. The lowest BCUT2D eigenvalue weighted by molar-refractivity contribution is 0.177. The molecule has 0 heterocycles. The van der Waals surface area contributed by atoms with Crippen LogP contribution < -0.4 is 0 Å². The van der Waals surface area contributed by atoms with Crippen LogP contribution in [0.3, 0.4) is 0 Å². The van der Waals surface area contributed by atoms with E-state index < -0.39 is 12.8 Å². The Kier molecular flexibility index (Phi) is 3.69. The molecule has 0 spiro atoms. The van der Waals surface area contributed by atoms with Gasteiger partial charge in [0, 0.05) is 10.9 Å². The zero-order valence-electron chi connectivity index (χ0n) is 6.50. The van der Waals surface area contributed by atoms with E-state index in [9.17, 15) is 4.39 Å². The molecule has 1 atom stereocenters. The summed E-state index contributed by atoms with van der Waals surface area (Å²) < 4.78 is 13.6. The van der Waals surface area contributed by atoms with Crippen molar-refractivity contribution in [1.29, 1.82) is 0 Å². The van der Waals surface area contributed by atoms with E-state index >= 15 is 0 Å². The Hall–Kier alpha value is -0.410.